The molecule has 1 N–H and O–H groups in total. The summed E-state index contributed by atoms with van der Waals surface area (Å²) in [6, 6.07) is 44.1. The van der Waals surface area contributed by atoms with E-state index in [-0.39, 0.29) is 24.7 Å². The second-order valence-corrected chi connectivity index (χ2v) is 10.5. The van der Waals surface area contributed by atoms with Crippen molar-refractivity contribution < 1.29 is 28.2 Å². The van der Waals surface area contributed by atoms with Crippen molar-refractivity contribution in [1.82, 2.24) is 0 Å². The van der Waals surface area contributed by atoms with Crippen LogP contribution in [0.25, 0.3) is 21.6 Å². The van der Waals surface area contributed by atoms with Crippen molar-refractivity contribution in [2.24, 2.45) is 0 Å². The summed E-state index contributed by atoms with van der Waals surface area (Å²) in [7, 11) is -3.87. The van der Waals surface area contributed by atoms with Gasteiger partial charge in [-0.1, -0.05) is 150 Å². The Morgan fingerprint density at radius 3 is 1.38 bits per heavy atom. The molecule has 0 aliphatic carbocycles. The summed E-state index contributed by atoms with van der Waals surface area (Å²) in [6.07, 6.45) is 0. The minimum atomic E-state index is -3.87. The van der Waals surface area contributed by atoms with Crippen LogP contribution in [0.1, 0.15) is 28.8 Å². The first-order valence-corrected chi connectivity index (χ1v) is 13.8. The molecule has 2 atom stereocenters. The zero-order chi connectivity index (χ0) is 26.8. The van der Waals surface area contributed by atoms with E-state index in [1.165, 1.54) is 11.1 Å². The fraction of sp³-hybridized carbons (Fsp3) is 0.0909. The summed E-state index contributed by atoms with van der Waals surface area (Å²) in [5, 5.41) is 0. The number of benzene rings is 5. The maximum absolute atomic E-state index is 12.8. The Labute approximate surface area is 245 Å². The summed E-state index contributed by atoms with van der Waals surface area (Å²) in [6.45, 7) is 1.90. The molecule has 5 rings (SSSR count). The van der Waals surface area contributed by atoms with Crippen LogP contribution in [-0.4, -0.2) is 8.42 Å². The quantitative estimate of drug-likeness (QED) is 0.169. The Bertz CT molecular complexity index is 1460. The van der Waals surface area contributed by atoms with Crippen molar-refractivity contribution in [3.05, 3.63) is 173 Å². The molecule has 0 radical (unpaired) electrons. The van der Waals surface area contributed by atoms with Gasteiger partial charge in [-0.3, -0.25) is 0 Å². The van der Waals surface area contributed by atoms with E-state index in [4.69, 9.17) is 5.73 Å². The summed E-state index contributed by atoms with van der Waals surface area (Å²) in [4.78, 5) is 0.143. The minimum Gasteiger partial charge on any atom is -0.672 e. The molecule has 198 valence electrons. The molecule has 5 aromatic carbocycles. The summed E-state index contributed by atoms with van der Waals surface area (Å²) in [5.74, 6) is 0. The Balaban J connectivity index is 0.000000270. The molecule has 0 heterocycles. The van der Waals surface area contributed by atoms with Gasteiger partial charge in [-0.05, 0) is 30.2 Å². The van der Waals surface area contributed by atoms with E-state index >= 15 is 0 Å². The first kappa shape index (κ1) is 30.2. The van der Waals surface area contributed by atoms with E-state index in [1.807, 2.05) is 79.7 Å². The zero-order valence-electron chi connectivity index (χ0n) is 21.5. The van der Waals surface area contributed by atoms with Gasteiger partial charge in [0.1, 0.15) is 10.0 Å². The molecule has 39 heavy (non-hydrogen) atoms. The molecule has 2 unspecified atom stereocenters. The molecule has 0 fully saturated rings. The smallest absolute Gasteiger partial charge is 0.672 e. The summed E-state index contributed by atoms with van der Waals surface area (Å²) in [5.41, 5.74) is 13.6. The molecule has 0 bridgehead atoms. The third kappa shape index (κ3) is 8.55. The van der Waals surface area contributed by atoms with Gasteiger partial charge in [-0.15, -0.1) is 12.1 Å². The van der Waals surface area contributed by atoms with E-state index < -0.39 is 22.1 Å². The third-order valence-electron chi connectivity index (χ3n) is 6.07. The standard InChI is InChI=1S/C21H20N2O2S.C12H10.Os/c1-16-12-14-19(15-13-16)26(24,25)23-21(18-10-6-3-7-11-18)20(22)17-8-4-2-5-9-17;1-3-7-11(8-4-1)12-9-5-2-6-10-12;/h2-15,20-22H,1H3;1-10H;/q-2;;+2. The molecule has 0 aliphatic heterocycles. The number of aryl methyl sites for hydroxylation is 1. The predicted octanol–water partition coefficient (Wildman–Crippen LogP) is 8.94. The van der Waals surface area contributed by atoms with Gasteiger partial charge >= 0.3 is 19.8 Å². The number of nitrogens with one attached hydrogen (secondary N) is 1. The fourth-order valence-corrected chi connectivity index (χ4v) is 5.13. The normalized spacial score (nSPS) is 12.3. The molecular weight excluding hydrogens is 679 g/mol. The molecule has 4 nitrogen and oxygen atoms in total. The SMILES string of the molecule is Cc1ccc(S(=O)(=O)[N-]C(c2ccccc2)C([NH-])c2ccccc2)cc1.[Os+2].c1ccc(-c2ccccc2)cc1. The second-order valence-electron chi connectivity index (χ2n) is 8.87. The number of sulfonamides is 1. The summed E-state index contributed by atoms with van der Waals surface area (Å²) >= 11 is 0. The van der Waals surface area contributed by atoms with Crippen LogP contribution in [0.15, 0.2) is 150 Å². The Morgan fingerprint density at radius 1 is 0.564 bits per heavy atom. The van der Waals surface area contributed by atoms with Crippen molar-refractivity contribution in [2.45, 2.75) is 23.9 Å². The third-order valence-corrected chi connectivity index (χ3v) is 7.44. The van der Waals surface area contributed by atoms with Gasteiger partial charge in [0.05, 0.1) is 0 Å². The number of nitrogens with zero attached hydrogens (tertiary/aromatic N) is 1. The molecular formula is C33H30N2O2OsS. The molecule has 5 aromatic rings. The van der Waals surface area contributed by atoms with Crippen LogP contribution in [-0.2, 0) is 29.8 Å². The Kier molecular flexibility index (Phi) is 11.3. The largest absolute Gasteiger partial charge is 2.00 e. The number of rotatable bonds is 7. The molecule has 0 spiro atoms. The van der Waals surface area contributed by atoms with E-state index in [9.17, 15) is 8.42 Å². The average molecular weight is 709 g/mol. The van der Waals surface area contributed by atoms with Crippen molar-refractivity contribution in [2.75, 3.05) is 0 Å². The van der Waals surface area contributed by atoms with Crippen molar-refractivity contribution in [3.63, 3.8) is 0 Å². The Hall–Kier alpha value is -3.39. The minimum absolute atomic E-state index is 0. The fourth-order valence-electron chi connectivity index (χ4n) is 3.99. The van der Waals surface area contributed by atoms with Crippen LogP contribution in [0, 0.1) is 6.92 Å². The van der Waals surface area contributed by atoms with E-state index in [2.05, 4.69) is 53.3 Å². The topological polar surface area (TPSA) is 72.0 Å². The Morgan fingerprint density at radius 2 is 0.949 bits per heavy atom. The molecule has 0 amide bonds. The maximum Gasteiger partial charge on any atom is 2.00 e. The van der Waals surface area contributed by atoms with Crippen molar-refractivity contribution in [3.8, 4) is 11.1 Å². The number of hydrogen-bond donors (Lipinski definition) is 0. The molecule has 0 aliphatic rings. The van der Waals surface area contributed by atoms with E-state index in [1.54, 1.807) is 24.3 Å². The first-order valence-electron chi connectivity index (χ1n) is 12.4. The molecule has 0 saturated heterocycles. The van der Waals surface area contributed by atoms with Crippen LogP contribution >= 0.6 is 0 Å². The van der Waals surface area contributed by atoms with Crippen molar-refractivity contribution >= 4 is 10.0 Å². The monoisotopic (exact) mass is 710 g/mol. The van der Waals surface area contributed by atoms with Gasteiger partial charge in [-0.25, -0.2) is 8.42 Å². The van der Waals surface area contributed by atoms with Gasteiger partial charge in [0, 0.05) is 4.90 Å². The van der Waals surface area contributed by atoms with Crippen LogP contribution in [0.4, 0.5) is 0 Å². The van der Waals surface area contributed by atoms with Crippen molar-refractivity contribution in [1.29, 1.82) is 0 Å². The van der Waals surface area contributed by atoms with E-state index in [0.717, 1.165) is 11.1 Å². The van der Waals surface area contributed by atoms with Gasteiger partial charge < -0.3 is 10.5 Å². The van der Waals surface area contributed by atoms with Crippen LogP contribution in [0.3, 0.4) is 0 Å². The predicted molar refractivity (Wildman–Crippen MR) is 156 cm³/mol. The van der Waals surface area contributed by atoms with Gasteiger partial charge in [0.2, 0.25) is 0 Å². The van der Waals surface area contributed by atoms with Gasteiger partial charge in [0.25, 0.3) is 0 Å². The van der Waals surface area contributed by atoms with Crippen LogP contribution in [0.2, 0.25) is 0 Å². The van der Waals surface area contributed by atoms with Gasteiger partial charge in [0.15, 0.2) is 0 Å². The first-order chi connectivity index (χ1) is 18.4. The number of hydrogen-bond acceptors (Lipinski definition) is 2. The molecule has 0 aromatic heterocycles. The molecule has 6 heteroatoms. The van der Waals surface area contributed by atoms with Gasteiger partial charge in [-0.2, -0.15) is 0 Å². The molecule has 0 saturated carbocycles. The average Bonchev–Trinajstić information content (AvgIpc) is 2.98. The zero-order valence-corrected chi connectivity index (χ0v) is 24.9. The van der Waals surface area contributed by atoms with Crippen LogP contribution < -0.4 is 0 Å². The van der Waals surface area contributed by atoms with Crippen LogP contribution in [0.5, 0.6) is 0 Å². The summed E-state index contributed by atoms with van der Waals surface area (Å²) < 4.78 is 29.8. The maximum atomic E-state index is 12.8. The van der Waals surface area contributed by atoms with E-state index in [0.29, 0.717) is 5.56 Å². The second kappa shape index (κ2) is 14.7.